The summed E-state index contributed by atoms with van der Waals surface area (Å²) in [6.07, 6.45) is 3.53. The summed E-state index contributed by atoms with van der Waals surface area (Å²) in [7, 11) is 0. The number of ether oxygens (including phenoxy) is 1. The lowest BCUT2D eigenvalue weighted by Gasteiger charge is -2.24. The number of nitrogens with zero attached hydrogens (tertiary/aromatic N) is 1. The van der Waals surface area contributed by atoms with Gasteiger partial charge in [0.05, 0.1) is 6.61 Å². The SMILES string of the molecule is CCCCN(CCO)CC1Cc2cc(Br)ccc2O1. The number of aliphatic hydroxyl groups excluding tert-OH is 1. The van der Waals surface area contributed by atoms with E-state index >= 15 is 0 Å². The van der Waals surface area contributed by atoms with Crippen LogP contribution in [0.15, 0.2) is 22.7 Å². The number of fused-ring (bicyclic) bond motifs is 1. The van der Waals surface area contributed by atoms with Crippen LogP contribution >= 0.6 is 15.9 Å². The van der Waals surface area contributed by atoms with E-state index in [0.29, 0.717) is 0 Å². The van der Waals surface area contributed by atoms with Crippen molar-refractivity contribution in [1.29, 1.82) is 0 Å². The van der Waals surface area contributed by atoms with Gasteiger partial charge >= 0.3 is 0 Å². The third kappa shape index (κ3) is 4.20. The van der Waals surface area contributed by atoms with Gasteiger partial charge in [0.25, 0.3) is 0 Å². The number of aliphatic hydroxyl groups is 1. The molecule has 0 bridgehead atoms. The molecule has 3 nitrogen and oxygen atoms in total. The van der Waals surface area contributed by atoms with Gasteiger partial charge in [-0.05, 0) is 36.7 Å². The van der Waals surface area contributed by atoms with Crippen LogP contribution in [0.25, 0.3) is 0 Å². The van der Waals surface area contributed by atoms with Crippen molar-refractivity contribution in [3.8, 4) is 5.75 Å². The Balaban J connectivity index is 1.90. The van der Waals surface area contributed by atoms with Crippen LogP contribution in [-0.4, -0.2) is 42.4 Å². The first-order valence-electron chi connectivity index (χ1n) is 7.01. The molecule has 0 saturated carbocycles. The fourth-order valence-corrected chi connectivity index (χ4v) is 2.90. The molecule has 0 saturated heterocycles. The molecule has 0 spiro atoms. The van der Waals surface area contributed by atoms with Crippen molar-refractivity contribution in [3.05, 3.63) is 28.2 Å². The van der Waals surface area contributed by atoms with Crippen molar-refractivity contribution in [2.24, 2.45) is 0 Å². The standard InChI is InChI=1S/C15H22BrNO2/c1-2-3-6-17(7-8-18)11-14-10-12-9-13(16)4-5-15(12)19-14/h4-5,9,14,18H,2-3,6-8,10-11H2,1H3. The highest BCUT2D eigenvalue weighted by atomic mass is 79.9. The monoisotopic (exact) mass is 327 g/mol. The van der Waals surface area contributed by atoms with Crippen molar-refractivity contribution >= 4 is 15.9 Å². The Morgan fingerprint density at radius 1 is 1.42 bits per heavy atom. The van der Waals surface area contributed by atoms with Gasteiger partial charge < -0.3 is 9.84 Å². The van der Waals surface area contributed by atoms with Crippen molar-refractivity contribution in [3.63, 3.8) is 0 Å². The lowest BCUT2D eigenvalue weighted by Crippen LogP contribution is -2.37. The third-order valence-electron chi connectivity index (χ3n) is 3.47. The zero-order chi connectivity index (χ0) is 13.7. The first-order chi connectivity index (χ1) is 9.22. The van der Waals surface area contributed by atoms with E-state index in [-0.39, 0.29) is 12.7 Å². The minimum atomic E-state index is 0.215. The van der Waals surface area contributed by atoms with E-state index in [1.54, 1.807) is 0 Å². The summed E-state index contributed by atoms with van der Waals surface area (Å²) in [5, 5.41) is 9.13. The zero-order valence-electron chi connectivity index (χ0n) is 11.4. The van der Waals surface area contributed by atoms with Gasteiger partial charge in [0.15, 0.2) is 0 Å². The highest BCUT2D eigenvalue weighted by Gasteiger charge is 2.24. The molecule has 1 atom stereocenters. The Morgan fingerprint density at radius 3 is 3.00 bits per heavy atom. The van der Waals surface area contributed by atoms with Gasteiger partial charge in [-0.2, -0.15) is 0 Å². The minimum absolute atomic E-state index is 0.215. The molecule has 1 aliphatic heterocycles. The number of benzene rings is 1. The minimum Gasteiger partial charge on any atom is -0.488 e. The Hall–Kier alpha value is -0.580. The van der Waals surface area contributed by atoms with Crippen molar-refractivity contribution < 1.29 is 9.84 Å². The second-order valence-electron chi connectivity index (χ2n) is 5.07. The maximum absolute atomic E-state index is 9.13. The van der Waals surface area contributed by atoms with Crippen LogP contribution in [0, 0.1) is 0 Å². The maximum Gasteiger partial charge on any atom is 0.123 e. The molecule has 0 amide bonds. The summed E-state index contributed by atoms with van der Waals surface area (Å²) in [6, 6.07) is 6.18. The van der Waals surface area contributed by atoms with Crippen LogP contribution < -0.4 is 4.74 Å². The zero-order valence-corrected chi connectivity index (χ0v) is 13.0. The maximum atomic E-state index is 9.13. The quantitative estimate of drug-likeness (QED) is 0.835. The van der Waals surface area contributed by atoms with Gasteiger partial charge in [0.2, 0.25) is 0 Å². The Bertz CT molecular complexity index is 411. The molecule has 1 aliphatic rings. The van der Waals surface area contributed by atoms with Gasteiger partial charge in [-0.25, -0.2) is 0 Å². The normalized spacial score (nSPS) is 17.6. The molecule has 0 aliphatic carbocycles. The number of hydrogen-bond donors (Lipinski definition) is 1. The number of rotatable bonds is 7. The molecule has 19 heavy (non-hydrogen) atoms. The average molecular weight is 328 g/mol. The topological polar surface area (TPSA) is 32.7 Å². The lowest BCUT2D eigenvalue weighted by molar-refractivity contribution is 0.128. The van der Waals surface area contributed by atoms with Crippen molar-refractivity contribution in [1.82, 2.24) is 4.90 Å². The van der Waals surface area contributed by atoms with Crippen molar-refractivity contribution in [2.45, 2.75) is 32.3 Å². The molecule has 1 aromatic rings. The fourth-order valence-electron chi connectivity index (χ4n) is 2.50. The highest BCUT2D eigenvalue weighted by Crippen LogP contribution is 2.31. The van der Waals surface area contributed by atoms with Crippen LogP contribution in [0.4, 0.5) is 0 Å². The van der Waals surface area contributed by atoms with E-state index in [1.807, 2.05) is 12.1 Å². The number of unbranched alkanes of at least 4 members (excludes halogenated alkanes) is 1. The summed E-state index contributed by atoms with van der Waals surface area (Å²) in [6.45, 7) is 5.08. The van der Waals surface area contributed by atoms with E-state index < -0.39 is 0 Å². The molecule has 2 rings (SSSR count). The lowest BCUT2D eigenvalue weighted by atomic mass is 10.1. The molecule has 0 aromatic heterocycles. The van der Waals surface area contributed by atoms with Crippen LogP contribution in [0.1, 0.15) is 25.3 Å². The van der Waals surface area contributed by atoms with Crippen LogP contribution in [0.3, 0.4) is 0 Å². The summed E-state index contributed by atoms with van der Waals surface area (Å²) >= 11 is 3.50. The van der Waals surface area contributed by atoms with Gasteiger partial charge in [0.1, 0.15) is 11.9 Å². The molecular weight excluding hydrogens is 306 g/mol. The van der Waals surface area contributed by atoms with Gasteiger partial charge in [-0.1, -0.05) is 29.3 Å². The van der Waals surface area contributed by atoms with Gasteiger partial charge in [-0.3, -0.25) is 4.90 Å². The third-order valence-corrected chi connectivity index (χ3v) is 3.96. The Morgan fingerprint density at radius 2 is 2.26 bits per heavy atom. The summed E-state index contributed by atoms with van der Waals surface area (Å²) in [5.74, 6) is 1.01. The molecule has 1 N–H and O–H groups in total. The molecule has 1 aromatic carbocycles. The van der Waals surface area contributed by atoms with Gasteiger partial charge in [-0.15, -0.1) is 0 Å². The molecule has 0 fully saturated rings. The molecule has 1 heterocycles. The van der Waals surface area contributed by atoms with Crippen molar-refractivity contribution in [2.75, 3.05) is 26.2 Å². The summed E-state index contributed by atoms with van der Waals surface area (Å²) in [4.78, 5) is 2.30. The van der Waals surface area contributed by atoms with E-state index in [1.165, 1.54) is 18.4 Å². The summed E-state index contributed by atoms with van der Waals surface area (Å²) < 4.78 is 7.08. The molecule has 4 heteroatoms. The largest absolute Gasteiger partial charge is 0.488 e. The summed E-state index contributed by atoms with van der Waals surface area (Å²) in [5.41, 5.74) is 1.28. The van der Waals surface area contributed by atoms with E-state index in [2.05, 4.69) is 33.8 Å². The van der Waals surface area contributed by atoms with Gasteiger partial charge in [0, 0.05) is 24.0 Å². The molecule has 1 unspecified atom stereocenters. The van der Waals surface area contributed by atoms with E-state index in [9.17, 15) is 0 Å². The number of hydrogen-bond acceptors (Lipinski definition) is 3. The Kier molecular flexibility index (Phi) is 5.67. The van der Waals surface area contributed by atoms with Crippen LogP contribution in [0.5, 0.6) is 5.75 Å². The first-order valence-corrected chi connectivity index (χ1v) is 7.80. The fraction of sp³-hybridized carbons (Fsp3) is 0.600. The smallest absolute Gasteiger partial charge is 0.123 e. The Labute approximate surface area is 123 Å². The first kappa shape index (κ1) is 14.8. The van der Waals surface area contributed by atoms with E-state index in [0.717, 1.165) is 36.3 Å². The second-order valence-corrected chi connectivity index (χ2v) is 5.99. The average Bonchev–Trinajstić information content (AvgIpc) is 2.77. The molecule has 0 radical (unpaired) electrons. The predicted molar refractivity (Wildman–Crippen MR) is 80.7 cm³/mol. The molecular formula is C15H22BrNO2. The molecule has 106 valence electrons. The van der Waals surface area contributed by atoms with E-state index in [4.69, 9.17) is 9.84 Å². The van der Waals surface area contributed by atoms with Crippen LogP contribution in [-0.2, 0) is 6.42 Å². The second kappa shape index (κ2) is 7.27. The predicted octanol–water partition coefficient (Wildman–Crippen LogP) is 2.85. The highest BCUT2D eigenvalue weighted by molar-refractivity contribution is 9.10. The van der Waals surface area contributed by atoms with Crippen LogP contribution in [0.2, 0.25) is 0 Å². The number of halogens is 1.